The number of nitrogens with zero attached hydrogens (tertiary/aromatic N) is 2. The van der Waals surface area contributed by atoms with Gasteiger partial charge in [-0.2, -0.15) is 0 Å². The highest BCUT2D eigenvalue weighted by atomic mass is 15.0. The fraction of sp³-hybridized carbons (Fsp3) is 0. The van der Waals surface area contributed by atoms with Gasteiger partial charge in [-0.25, -0.2) is 4.85 Å². The first-order valence-corrected chi connectivity index (χ1v) is 20.2. The number of aromatic nitrogens is 1. The minimum Gasteiger partial charge on any atom is -0.309 e. The van der Waals surface area contributed by atoms with Gasteiger partial charge < -0.3 is 4.57 Å². The summed E-state index contributed by atoms with van der Waals surface area (Å²) in [5.41, 5.74) is 8.92. The van der Waals surface area contributed by atoms with Gasteiger partial charge in [-0.15, -0.1) is 0 Å². The largest absolute Gasteiger partial charge is 0.309 e. The molecule has 0 aliphatic carbocycles. The number of para-hydroxylation sites is 1. The molecule has 0 radical (unpaired) electrons. The van der Waals surface area contributed by atoms with E-state index in [1.807, 2.05) is 24.3 Å². The lowest BCUT2D eigenvalue weighted by atomic mass is 9.89. The molecule has 1 heterocycles. The van der Waals surface area contributed by atoms with Crippen molar-refractivity contribution in [2.45, 2.75) is 0 Å². The van der Waals surface area contributed by atoms with E-state index in [0.717, 1.165) is 16.8 Å². The molecule has 59 heavy (non-hydrogen) atoms. The number of benzene rings is 12. The van der Waals surface area contributed by atoms with Crippen LogP contribution in [0, 0.1) is 6.57 Å². The van der Waals surface area contributed by atoms with Crippen molar-refractivity contribution in [2.75, 3.05) is 0 Å². The molecule has 0 N–H and O–H groups in total. The second kappa shape index (κ2) is 12.0. The molecule has 0 unspecified atom stereocenters. The van der Waals surface area contributed by atoms with Gasteiger partial charge in [-0.05, 0) is 146 Å². The predicted molar refractivity (Wildman–Crippen MR) is 252 cm³/mol. The van der Waals surface area contributed by atoms with Crippen molar-refractivity contribution in [2.24, 2.45) is 0 Å². The van der Waals surface area contributed by atoms with Crippen molar-refractivity contribution in [3.05, 3.63) is 206 Å². The number of fused-ring (bicyclic) bond motifs is 11. The summed E-state index contributed by atoms with van der Waals surface area (Å²) in [6.07, 6.45) is 0. The average Bonchev–Trinajstić information content (AvgIpc) is 3.63. The van der Waals surface area contributed by atoms with Crippen molar-refractivity contribution < 1.29 is 0 Å². The van der Waals surface area contributed by atoms with Crippen LogP contribution in [0.5, 0.6) is 0 Å². The predicted octanol–water partition coefficient (Wildman–Crippen LogP) is 16.2. The van der Waals surface area contributed by atoms with E-state index >= 15 is 0 Å². The van der Waals surface area contributed by atoms with Crippen molar-refractivity contribution >= 4 is 103 Å². The van der Waals surface area contributed by atoms with Crippen molar-refractivity contribution in [1.82, 2.24) is 4.57 Å². The topological polar surface area (TPSA) is 9.29 Å². The van der Waals surface area contributed by atoms with E-state index < -0.39 is 0 Å². The Morgan fingerprint density at radius 1 is 0.305 bits per heavy atom. The molecule has 0 fully saturated rings. The molecule has 0 aliphatic rings. The van der Waals surface area contributed by atoms with Crippen LogP contribution in [-0.4, -0.2) is 4.57 Å². The van der Waals surface area contributed by atoms with Gasteiger partial charge in [0.25, 0.3) is 0 Å². The smallest absolute Gasteiger partial charge is 0.187 e. The zero-order valence-electron chi connectivity index (χ0n) is 31.9. The van der Waals surface area contributed by atoms with E-state index in [2.05, 4.69) is 179 Å². The highest BCUT2D eigenvalue weighted by Crippen LogP contribution is 2.46. The molecule has 0 spiro atoms. The SMILES string of the molecule is [C-]#[N+]c1ccc(-c2ccc3cc(-c4ccc5c(c4)c4ccccc4c4cc6c7c8ccc9cccc%10ccc(cc7n(-c7ccccc7)c6cc54)c8c%109)ccc3c2)cc1. The first kappa shape index (κ1) is 32.1. The van der Waals surface area contributed by atoms with Gasteiger partial charge in [0.05, 0.1) is 17.6 Å². The lowest BCUT2D eigenvalue weighted by molar-refractivity contribution is 1.18. The Morgan fingerprint density at radius 3 is 1.61 bits per heavy atom. The summed E-state index contributed by atoms with van der Waals surface area (Å²) in [5.74, 6) is 0. The quantitative estimate of drug-likeness (QED) is 0.126. The Balaban J connectivity index is 1.06. The minimum absolute atomic E-state index is 0.659. The number of rotatable bonds is 3. The summed E-state index contributed by atoms with van der Waals surface area (Å²) < 4.78 is 2.48. The van der Waals surface area contributed by atoms with Gasteiger partial charge in [0, 0.05) is 16.5 Å². The summed E-state index contributed by atoms with van der Waals surface area (Å²) in [6.45, 7) is 7.30. The Labute approximate surface area is 339 Å². The third-order valence-corrected chi connectivity index (χ3v) is 12.8. The van der Waals surface area contributed by atoms with Gasteiger partial charge in [0.2, 0.25) is 0 Å². The van der Waals surface area contributed by atoms with Crippen molar-refractivity contribution in [3.63, 3.8) is 0 Å². The van der Waals surface area contributed by atoms with E-state index in [9.17, 15) is 0 Å². The number of hydrogen-bond donors (Lipinski definition) is 0. The summed E-state index contributed by atoms with van der Waals surface area (Å²) in [5, 5.41) is 20.4. The summed E-state index contributed by atoms with van der Waals surface area (Å²) in [4.78, 5) is 3.55. The van der Waals surface area contributed by atoms with Crippen LogP contribution >= 0.6 is 0 Å². The molecule has 0 atom stereocenters. The van der Waals surface area contributed by atoms with Crippen LogP contribution in [0.25, 0.3) is 130 Å². The maximum Gasteiger partial charge on any atom is 0.187 e. The van der Waals surface area contributed by atoms with E-state index in [-0.39, 0.29) is 0 Å². The van der Waals surface area contributed by atoms with Crippen LogP contribution in [0.1, 0.15) is 0 Å². The normalized spacial score (nSPS) is 12.1. The van der Waals surface area contributed by atoms with Crippen LogP contribution in [0.3, 0.4) is 0 Å². The van der Waals surface area contributed by atoms with Gasteiger partial charge in [0.15, 0.2) is 5.69 Å². The molecule has 1 aromatic heterocycles. The Hall–Kier alpha value is -7.99. The van der Waals surface area contributed by atoms with E-state index in [1.54, 1.807) is 0 Å². The third kappa shape index (κ3) is 4.62. The van der Waals surface area contributed by atoms with E-state index in [1.165, 1.54) is 108 Å². The molecule has 2 nitrogen and oxygen atoms in total. The van der Waals surface area contributed by atoms with Gasteiger partial charge in [-0.1, -0.05) is 146 Å². The van der Waals surface area contributed by atoms with Gasteiger partial charge in [0.1, 0.15) is 0 Å². The van der Waals surface area contributed by atoms with Crippen molar-refractivity contribution in [3.8, 4) is 27.9 Å². The molecule has 270 valence electrons. The maximum absolute atomic E-state index is 7.30. The van der Waals surface area contributed by atoms with Crippen LogP contribution in [-0.2, 0) is 0 Å². The maximum atomic E-state index is 7.30. The molecule has 0 saturated carbocycles. The molecule has 0 saturated heterocycles. The van der Waals surface area contributed by atoms with Crippen LogP contribution in [0.4, 0.5) is 5.69 Å². The molecule has 12 aromatic carbocycles. The number of hydrogen-bond acceptors (Lipinski definition) is 0. The molecular formula is C57H32N2. The summed E-state index contributed by atoms with van der Waals surface area (Å²) in [6, 6.07) is 71.4. The van der Waals surface area contributed by atoms with Crippen LogP contribution < -0.4 is 0 Å². The average molecular weight is 745 g/mol. The molecule has 0 bridgehead atoms. The van der Waals surface area contributed by atoms with Gasteiger partial charge in [-0.3, -0.25) is 0 Å². The molecule has 0 aliphatic heterocycles. The fourth-order valence-electron chi connectivity index (χ4n) is 10.1. The molecule has 2 heteroatoms. The Bertz CT molecular complexity index is 3920. The standard InChI is InChI=1S/C57H32N2/c1-58-43-24-20-34(21-25-43)37-15-16-39-29-40(18-17-38(39)28-37)41-23-26-47-49(30-41)45-12-5-6-13-46(45)50-32-52-53(33-51(47)50)59(44-10-3-2-4-11-44)54-31-42-19-14-35-8-7-9-36-22-27-48(57(52)54)56(42)55(35)36/h2-33H. The second-order valence-corrected chi connectivity index (χ2v) is 16.0. The molecule has 13 aromatic rings. The highest BCUT2D eigenvalue weighted by Gasteiger charge is 2.21. The van der Waals surface area contributed by atoms with Crippen LogP contribution in [0.2, 0.25) is 0 Å². The first-order chi connectivity index (χ1) is 29.2. The fourth-order valence-corrected chi connectivity index (χ4v) is 10.1. The van der Waals surface area contributed by atoms with Crippen LogP contribution in [0.15, 0.2) is 194 Å². The monoisotopic (exact) mass is 744 g/mol. The molecular weight excluding hydrogens is 713 g/mol. The first-order valence-electron chi connectivity index (χ1n) is 20.2. The second-order valence-electron chi connectivity index (χ2n) is 16.0. The third-order valence-electron chi connectivity index (χ3n) is 12.8. The van der Waals surface area contributed by atoms with E-state index in [0.29, 0.717) is 5.69 Å². The van der Waals surface area contributed by atoms with E-state index in [4.69, 9.17) is 6.57 Å². The lowest BCUT2D eigenvalue weighted by Gasteiger charge is -2.14. The molecule has 13 rings (SSSR count). The van der Waals surface area contributed by atoms with Gasteiger partial charge >= 0.3 is 0 Å². The molecule has 0 amide bonds. The minimum atomic E-state index is 0.659. The van der Waals surface area contributed by atoms with Crippen molar-refractivity contribution in [1.29, 1.82) is 0 Å². The Morgan fingerprint density at radius 2 is 0.864 bits per heavy atom. The Kier molecular flexibility index (Phi) is 6.54. The zero-order valence-corrected chi connectivity index (χ0v) is 31.9. The summed E-state index contributed by atoms with van der Waals surface area (Å²) >= 11 is 0. The summed E-state index contributed by atoms with van der Waals surface area (Å²) in [7, 11) is 0. The highest BCUT2D eigenvalue weighted by molar-refractivity contribution is 6.35. The lowest BCUT2D eigenvalue weighted by Crippen LogP contribution is -1.94. The zero-order chi connectivity index (χ0) is 38.8.